The van der Waals surface area contributed by atoms with Crippen LogP contribution in [-0.4, -0.2) is 51.3 Å². The molecule has 0 heterocycles. The number of nitrogens with one attached hydrogen (secondary N) is 1. The number of guanidine groups is 1. The average molecular weight is 295 g/mol. The van der Waals surface area contributed by atoms with Gasteiger partial charge in [-0.2, -0.15) is 0 Å². The number of hydrogen-bond donors (Lipinski definition) is 1. The van der Waals surface area contributed by atoms with Crippen LogP contribution < -0.4 is 5.32 Å². The van der Waals surface area contributed by atoms with Crippen molar-refractivity contribution in [2.75, 3.05) is 40.4 Å². The largest absolute Gasteiger partial charge is 0.379 e. The maximum Gasteiger partial charge on any atom is 0.193 e. The van der Waals surface area contributed by atoms with Gasteiger partial charge in [-0.05, 0) is 37.0 Å². The second-order valence-corrected chi connectivity index (χ2v) is 6.89. The predicted molar refractivity (Wildman–Crippen MR) is 88.7 cm³/mol. The quantitative estimate of drug-likeness (QED) is 0.446. The molecule has 2 aliphatic carbocycles. The van der Waals surface area contributed by atoms with E-state index in [0.29, 0.717) is 0 Å². The first-order chi connectivity index (χ1) is 10.2. The van der Waals surface area contributed by atoms with Gasteiger partial charge in [-0.25, -0.2) is 0 Å². The number of likely N-dealkylation sites (N-methyl/N-ethyl adjacent to an activating group) is 1. The van der Waals surface area contributed by atoms with Crippen molar-refractivity contribution in [2.45, 2.75) is 45.4 Å². The molecule has 2 rings (SSSR count). The van der Waals surface area contributed by atoms with Crippen LogP contribution >= 0.6 is 0 Å². The van der Waals surface area contributed by atoms with Crippen LogP contribution in [0.15, 0.2) is 4.99 Å². The molecule has 4 heteroatoms. The van der Waals surface area contributed by atoms with Crippen LogP contribution in [0.5, 0.6) is 0 Å². The molecule has 0 saturated heterocycles. The van der Waals surface area contributed by atoms with Crippen molar-refractivity contribution in [2.24, 2.45) is 22.7 Å². The van der Waals surface area contributed by atoms with Gasteiger partial charge < -0.3 is 15.0 Å². The first-order valence-electron chi connectivity index (χ1n) is 8.70. The Morgan fingerprint density at radius 1 is 1.24 bits per heavy atom. The lowest BCUT2D eigenvalue weighted by Gasteiger charge is -2.30. The molecule has 122 valence electrons. The second-order valence-electron chi connectivity index (χ2n) is 6.89. The molecule has 0 bridgehead atoms. The molecule has 2 unspecified atom stereocenters. The summed E-state index contributed by atoms with van der Waals surface area (Å²) < 4.78 is 5.71. The van der Waals surface area contributed by atoms with E-state index < -0.39 is 0 Å². The molecule has 2 saturated carbocycles. The number of aliphatic imine (C=N–C) groups is 1. The SMILES string of the molecule is CN=C(NCC1CCCCC1C)N(C)CCOCC1CC1. The first kappa shape index (κ1) is 16.6. The van der Waals surface area contributed by atoms with Gasteiger partial charge in [-0.15, -0.1) is 0 Å². The molecule has 0 radical (unpaired) electrons. The molecule has 0 amide bonds. The van der Waals surface area contributed by atoms with E-state index in [0.717, 1.165) is 50.0 Å². The van der Waals surface area contributed by atoms with Crippen LogP contribution in [0.3, 0.4) is 0 Å². The normalized spacial score (nSPS) is 26.7. The van der Waals surface area contributed by atoms with Gasteiger partial charge in [-0.1, -0.05) is 26.2 Å². The van der Waals surface area contributed by atoms with E-state index in [9.17, 15) is 0 Å². The zero-order chi connectivity index (χ0) is 15.1. The van der Waals surface area contributed by atoms with Crippen molar-refractivity contribution in [3.05, 3.63) is 0 Å². The Morgan fingerprint density at radius 3 is 2.67 bits per heavy atom. The Hall–Kier alpha value is -0.770. The summed E-state index contributed by atoms with van der Waals surface area (Å²) in [6, 6.07) is 0. The topological polar surface area (TPSA) is 36.9 Å². The molecule has 0 aliphatic heterocycles. The zero-order valence-corrected chi connectivity index (χ0v) is 14.1. The van der Waals surface area contributed by atoms with Crippen molar-refractivity contribution >= 4 is 5.96 Å². The standard InChI is InChI=1S/C17H33N3O/c1-14-6-4-5-7-16(14)12-19-17(18-2)20(3)10-11-21-13-15-8-9-15/h14-16H,4-13H2,1-3H3,(H,18,19). The van der Waals surface area contributed by atoms with Crippen molar-refractivity contribution in [1.82, 2.24) is 10.2 Å². The van der Waals surface area contributed by atoms with E-state index in [-0.39, 0.29) is 0 Å². The highest BCUT2D eigenvalue weighted by atomic mass is 16.5. The summed E-state index contributed by atoms with van der Waals surface area (Å²) >= 11 is 0. The maximum absolute atomic E-state index is 5.71. The predicted octanol–water partition coefficient (Wildman–Crippen LogP) is 2.75. The third-order valence-corrected chi connectivity index (χ3v) is 5.01. The van der Waals surface area contributed by atoms with E-state index in [2.05, 4.69) is 29.2 Å². The highest BCUT2D eigenvalue weighted by molar-refractivity contribution is 5.79. The third kappa shape index (κ3) is 5.85. The Morgan fingerprint density at radius 2 is 2.00 bits per heavy atom. The average Bonchev–Trinajstić information content (AvgIpc) is 3.30. The monoisotopic (exact) mass is 295 g/mol. The fraction of sp³-hybridized carbons (Fsp3) is 0.941. The van der Waals surface area contributed by atoms with Crippen molar-refractivity contribution in [1.29, 1.82) is 0 Å². The van der Waals surface area contributed by atoms with E-state index in [4.69, 9.17) is 4.74 Å². The summed E-state index contributed by atoms with van der Waals surface area (Å²) in [6.45, 7) is 6.10. The van der Waals surface area contributed by atoms with Crippen LogP contribution in [-0.2, 0) is 4.74 Å². The zero-order valence-electron chi connectivity index (χ0n) is 14.1. The fourth-order valence-corrected chi connectivity index (χ4v) is 3.15. The molecule has 1 N–H and O–H groups in total. The Bertz CT molecular complexity index is 328. The van der Waals surface area contributed by atoms with Gasteiger partial charge in [0.05, 0.1) is 6.61 Å². The smallest absolute Gasteiger partial charge is 0.193 e. The minimum Gasteiger partial charge on any atom is -0.379 e. The van der Waals surface area contributed by atoms with E-state index in [1.165, 1.54) is 38.5 Å². The summed E-state index contributed by atoms with van der Waals surface area (Å²) in [4.78, 5) is 6.58. The van der Waals surface area contributed by atoms with Gasteiger partial charge in [0.1, 0.15) is 0 Å². The van der Waals surface area contributed by atoms with Crippen LogP contribution in [0.25, 0.3) is 0 Å². The van der Waals surface area contributed by atoms with E-state index >= 15 is 0 Å². The molecule has 2 fully saturated rings. The molecular formula is C17H33N3O. The number of rotatable bonds is 7. The van der Waals surface area contributed by atoms with E-state index in [1.54, 1.807) is 0 Å². The minimum absolute atomic E-state index is 0.799. The first-order valence-corrected chi connectivity index (χ1v) is 8.70. The van der Waals surface area contributed by atoms with Gasteiger partial charge in [0.15, 0.2) is 5.96 Å². The fourth-order valence-electron chi connectivity index (χ4n) is 3.15. The Balaban J connectivity index is 1.63. The summed E-state index contributed by atoms with van der Waals surface area (Å²) in [7, 11) is 3.97. The molecule has 2 atom stereocenters. The lowest BCUT2D eigenvalue weighted by Crippen LogP contribution is -2.43. The molecular weight excluding hydrogens is 262 g/mol. The highest BCUT2D eigenvalue weighted by Gasteiger charge is 2.22. The Kier molecular flexibility index (Phi) is 6.81. The third-order valence-electron chi connectivity index (χ3n) is 5.01. The van der Waals surface area contributed by atoms with Gasteiger partial charge in [0.2, 0.25) is 0 Å². The van der Waals surface area contributed by atoms with Crippen LogP contribution in [0, 0.1) is 17.8 Å². The van der Waals surface area contributed by atoms with Crippen molar-refractivity contribution < 1.29 is 4.74 Å². The van der Waals surface area contributed by atoms with Gasteiger partial charge >= 0.3 is 0 Å². The van der Waals surface area contributed by atoms with Gasteiger partial charge in [0.25, 0.3) is 0 Å². The second kappa shape index (κ2) is 8.62. The van der Waals surface area contributed by atoms with Crippen molar-refractivity contribution in [3.63, 3.8) is 0 Å². The summed E-state index contributed by atoms with van der Waals surface area (Å²) in [5.41, 5.74) is 0. The molecule has 0 aromatic heterocycles. The van der Waals surface area contributed by atoms with Crippen molar-refractivity contribution in [3.8, 4) is 0 Å². The molecule has 2 aliphatic rings. The number of ether oxygens (including phenoxy) is 1. The number of hydrogen-bond acceptors (Lipinski definition) is 2. The van der Waals surface area contributed by atoms with E-state index in [1.807, 2.05) is 7.05 Å². The minimum atomic E-state index is 0.799. The summed E-state index contributed by atoms with van der Waals surface area (Å²) in [5, 5.41) is 3.55. The molecule has 0 spiro atoms. The molecule has 0 aromatic carbocycles. The summed E-state index contributed by atoms with van der Waals surface area (Å²) in [5.74, 6) is 3.50. The number of nitrogens with zero attached hydrogens (tertiary/aromatic N) is 2. The van der Waals surface area contributed by atoms with Gasteiger partial charge in [-0.3, -0.25) is 4.99 Å². The highest BCUT2D eigenvalue weighted by Crippen LogP contribution is 2.29. The molecule has 0 aromatic rings. The van der Waals surface area contributed by atoms with Gasteiger partial charge in [0, 0.05) is 33.8 Å². The van der Waals surface area contributed by atoms with Crippen LogP contribution in [0.1, 0.15) is 45.4 Å². The van der Waals surface area contributed by atoms with Crippen LogP contribution in [0.4, 0.5) is 0 Å². The lowest BCUT2D eigenvalue weighted by molar-refractivity contribution is 0.115. The Labute approximate surface area is 130 Å². The lowest BCUT2D eigenvalue weighted by atomic mass is 9.80. The van der Waals surface area contributed by atoms with Crippen LogP contribution in [0.2, 0.25) is 0 Å². The summed E-state index contributed by atoms with van der Waals surface area (Å²) in [6.07, 6.45) is 8.26. The molecule has 4 nitrogen and oxygen atoms in total. The maximum atomic E-state index is 5.71. The molecule has 21 heavy (non-hydrogen) atoms.